The number of aromatic nitrogens is 1. The summed E-state index contributed by atoms with van der Waals surface area (Å²) in [5.74, 6) is 0.274. The second-order valence-corrected chi connectivity index (χ2v) is 13.1. The lowest BCUT2D eigenvalue weighted by atomic mass is 10.1. The minimum atomic E-state index is -3.54. The number of hydrogen-bond donors (Lipinski definition) is 0. The molecule has 0 radical (unpaired) electrons. The molecule has 8 nitrogen and oxygen atoms in total. The second-order valence-electron chi connectivity index (χ2n) is 7.70. The van der Waals surface area contributed by atoms with Crippen LogP contribution >= 0.6 is 11.8 Å². The molecule has 1 saturated heterocycles. The molecule has 1 unspecified atom stereocenters. The largest absolute Gasteiger partial charge is 0.335 e. The van der Waals surface area contributed by atoms with Crippen LogP contribution in [0, 0.1) is 0 Å². The van der Waals surface area contributed by atoms with Crippen molar-refractivity contribution in [2.24, 2.45) is 0 Å². The fourth-order valence-electron chi connectivity index (χ4n) is 3.91. The van der Waals surface area contributed by atoms with Crippen LogP contribution in [0.2, 0.25) is 0 Å². The zero-order chi connectivity index (χ0) is 21.2. The van der Waals surface area contributed by atoms with E-state index in [1.54, 1.807) is 6.07 Å². The molecule has 1 aliphatic carbocycles. The second kappa shape index (κ2) is 8.91. The Morgan fingerprint density at radius 2 is 1.86 bits per heavy atom. The summed E-state index contributed by atoms with van der Waals surface area (Å²) in [6.07, 6.45) is 5.75. The van der Waals surface area contributed by atoms with Crippen molar-refractivity contribution < 1.29 is 21.6 Å². The number of carbonyl (C=O) groups is 1. The average Bonchev–Trinajstić information content (AvgIpc) is 3.30. The highest BCUT2D eigenvalue weighted by molar-refractivity contribution is 7.99. The van der Waals surface area contributed by atoms with Crippen LogP contribution in [-0.2, 0) is 24.7 Å². The Labute approximate surface area is 177 Å². The zero-order valence-corrected chi connectivity index (χ0v) is 19.1. The van der Waals surface area contributed by atoms with Crippen molar-refractivity contribution >= 4 is 37.5 Å². The Morgan fingerprint density at radius 1 is 1.17 bits per heavy atom. The summed E-state index contributed by atoms with van der Waals surface area (Å²) in [5.41, 5.74) is 0. The third-order valence-electron chi connectivity index (χ3n) is 5.44. The lowest BCUT2D eigenvalue weighted by Crippen LogP contribution is -2.47. The Balaban J connectivity index is 1.67. The highest BCUT2D eigenvalue weighted by Crippen LogP contribution is 2.30. The van der Waals surface area contributed by atoms with Gasteiger partial charge in [0, 0.05) is 32.4 Å². The van der Waals surface area contributed by atoms with Crippen LogP contribution in [-0.4, -0.2) is 80.4 Å². The number of pyridine rings is 1. The summed E-state index contributed by atoms with van der Waals surface area (Å²) in [6.45, 7) is 0. The summed E-state index contributed by atoms with van der Waals surface area (Å²) >= 11 is 1.24. The first-order chi connectivity index (χ1) is 13.6. The highest BCUT2D eigenvalue weighted by Gasteiger charge is 2.38. The number of rotatable bonds is 7. The van der Waals surface area contributed by atoms with Crippen molar-refractivity contribution in [2.45, 2.75) is 54.1 Å². The summed E-state index contributed by atoms with van der Waals surface area (Å²) < 4.78 is 49.2. The summed E-state index contributed by atoms with van der Waals surface area (Å²) in [5, 5.41) is 0.557. The van der Waals surface area contributed by atoms with Crippen molar-refractivity contribution in [1.82, 2.24) is 14.2 Å². The quantitative estimate of drug-likeness (QED) is 0.565. The minimum absolute atomic E-state index is 0.0508. The smallest absolute Gasteiger partial charge is 0.244 e. The molecular weight excluding hydrogens is 434 g/mol. The third-order valence-corrected chi connectivity index (χ3v) is 9.92. The van der Waals surface area contributed by atoms with Gasteiger partial charge in [0.05, 0.1) is 22.3 Å². The van der Waals surface area contributed by atoms with Crippen LogP contribution in [0.4, 0.5) is 0 Å². The fraction of sp³-hybridized carbons (Fsp3) is 0.667. The van der Waals surface area contributed by atoms with Crippen molar-refractivity contribution in [1.29, 1.82) is 0 Å². The first-order valence-corrected chi connectivity index (χ1v) is 13.9. The van der Waals surface area contributed by atoms with Crippen molar-refractivity contribution in [3.8, 4) is 0 Å². The molecule has 0 N–H and O–H groups in total. The number of sulfonamides is 1. The Bertz CT molecular complexity index is 939. The van der Waals surface area contributed by atoms with E-state index < -0.39 is 19.9 Å². The molecule has 1 aromatic rings. The summed E-state index contributed by atoms with van der Waals surface area (Å²) in [7, 11) is -3.70. The minimum Gasteiger partial charge on any atom is -0.335 e. The summed E-state index contributed by atoms with van der Waals surface area (Å²) in [6, 6.07) is 2.94. The van der Waals surface area contributed by atoms with E-state index in [9.17, 15) is 21.6 Å². The number of amides is 1. The van der Waals surface area contributed by atoms with Gasteiger partial charge in [0.2, 0.25) is 15.9 Å². The van der Waals surface area contributed by atoms with Gasteiger partial charge < -0.3 is 4.90 Å². The third kappa shape index (κ3) is 5.31. The standard InChI is InChI=1S/C18H27N3O5S3/c1-20(2)29(25,26)16-7-8-17(19-11-16)27-12-18(22)21(14-5-3-4-6-14)15-9-10-28(23,24)13-15/h7-8,11,14-15H,3-6,9-10,12-13H2,1-2H3. The number of thioether (sulfide) groups is 1. The van der Waals surface area contributed by atoms with Crippen LogP contribution in [0.5, 0.6) is 0 Å². The number of carbonyl (C=O) groups excluding carboxylic acids is 1. The van der Waals surface area contributed by atoms with Gasteiger partial charge in [-0.1, -0.05) is 24.6 Å². The van der Waals surface area contributed by atoms with E-state index in [4.69, 9.17) is 0 Å². The van der Waals surface area contributed by atoms with Crippen molar-refractivity contribution in [2.75, 3.05) is 31.4 Å². The first-order valence-electron chi connectivity index (χ1n) is 9.63. The van der Waals surface area contributed by atoms with Crippen LogP contribution in [0.25, 0.3) is 0 Å². The van der Waals surface area contributed by atoms with E-state index in [2.05, 4.69) is 4.98 Å². The van der Waals surface area contributed by atoms with Gasteiger partial charge in [0.25, 0.3) is 0 Å². The number of sulfone groups is 1. The topological polar surface area (TPSA) is 105 Å². The van der Waals surface area contributed by atoms with Crippen LogP contribution in [0.1, 0.15) is 32.1 Å². The zero-order valence-electron chi connectivity index (χ0n) is 16.7. The van der Waals surface area contributed by atoms with Gasteiger partial charge in [-0.15, -0.1) is 0 Å². The van der Waals surface area contributed by atoms with Gasteiger partial charge in [-0.25, -0.2) is 26.1 Å². The number of hydrogen-bond acceptors (Lipinski definition) is 7. The van der Waals surface area contributed by atoms with E-state index in [0.717, 1.165) is 30.0 Å². The van der Waals surface area contributed by atoms with Crippen LogP contribution in [0.3, 0.4) is 0 Å². The molecule has 2 heterocycles. The monoisotopic (exact) mass is 461 g/mol. The van der Waals surface area contributed by atoms with E-state index in [1.807, 2.05) is 4.90 Å². The van der Waals surface area contributed by atoms with Crippen LogP contribution < -0.4 is 0 Å². The van der Waals surface area contributed by atoms with Crippen molar-refractivity contribution in [3.05, 3.63) is 18.3 Å². The van der Waals surface area contributed by atoms with Crippen LogP contribution in [0.15, 0.2) is 28.3 Å². The molecule has 29 heavy (non-hydrogen) atoms. The van der Waals surface area contributed by atoms with E-state index >= 15 is 0 Å². The normalized spacial score (nSPS) is 22.2. The van der Waals surface area contributed by atoms with Gasteiger partial charge in [0.1, 0.15) is 4.90 Å². The fourth-order valence-corrected chi connectivity index (χ4v) is 7.18. The molecule has 0 aromatic carbocycles. The molecule has 1 aliphatic heterocycles. The maximum Gasteiger partial charge on any atom is 0.244 e. The predicted octanol–water partition coefficient (Wildman–Crippen LogP) is 1.38. The highest BCUT2D eigenvalue weighted by atomic mass is 32.2. The molecule has 2 fully saturated rings. The van der Waals surface area contributed by atoms with Gasteiger partial charge >= 0.3 is 0 Å². The molecule has 1 saturated carbocycles. The Morgan fingerprint density at radius 3 is 2.38 bits per heavy atom. The number of nitrogens with zero attached hydrogens (tertiary/aromatic N) is 3. The van der Waals surface area contributed by atoms with Gasteiger partial charge in [-0.05, 0) is 31.4 Å². The maximum absolute atomic E-state index is 13.0. The van der Waals surface area contributed by atoms with E-state index in [1.165, 1.54) is 38.1 Å². The lowest BCUT2D eigenvalue weighted by molar-refractivity contribution is -0.132. The van der Waals surface area contributed by atoms with Gasteiger partial charge in [-0.2, -0.15) is 0 Å². The lowest BCUT2D eigenvalue weighted by Gasteiger charge is -2.34. The van der Waals surface area contributed by atoms with Gasteiger partial charge in [0.15, 0.2) is 9.84 Å². The van der Waals surface area contributed by atoms with Gasteiger partial charge in [-0.3, -0.25) is 4.79 Å². The summed E-state index contributed by atoms with van der Waals surface area (Å²) in [4.78, 5) is 19.1. The molecule has 2 aliphatic rings. The molecule has 1 atom stereocenters. The molecule has 11 heteroatoms. The van der Waals surface area contributed by atoms with E-state index in [0.29, 0.717) is 11.4 Å². The molecule has 3 rings (SSSR count). The molecular formula is C18H27N3O5S3. The SMILES string of the molecule is CN(C)S(=O)(=O)c1ccc(SCC(=O)N(C2CCCC2)C2CCS(=O)(=O)C2)nc1. The van der Waals surface area contributed by atoms with E-state index in [-0.39, 0.29) is 40.1 Å². The average molecular weight is 462 g/mol. The molecule has 0 bridgehead atoms. The Hall–Kier alpha value is -1.17. The molecule has 1 amide bonds. The predicted molar refractivity (Wildman–Crippen MR) is 112 cm³/mol. The van der Waals surface area contributed by atoms with Crippen molar-refractivity contribution in [3.63, 3.8) is 0 Å². The first kappa shape index (κ1) is 22.5. The maximum atomic E-state index is 13.0. The molecule has 1 aromatic heterocycles. The molecule has 0 spiro atoms. The molecule has 162 valence electrons. The Kier molecular flexibility index (Phi) is 6.91.